The molecule has 0 aliphatic heterocycles. The highest BCUT2D eigenvalue weighted by molar-refractivity contribution is 6.28. The summed E-state index contributed by atoms with van der Waals surface area (Å²) in [4.78, 5) is 0. The van der Waals surface area contributed by atoms with Crippen LogP contribution in [0.2, 0.25) is 0 Å². The Morgan fingerprint density at radius 3 is 2.37 bits per heavy atom. The third-order valence-electron chi connectivity index (χ3n) is 7.16. The lowest BCUT2D eigenvalue weighted by atomic mass is 9.91. The summed E-state index contributed by atoms with van der Waals surface area (Å²) in [5, 5.41) is 6.89. The SMILES string of the molecule is Cc1cc(C)c2c(c1C)c1c3c(cc[n+]1C)cc(C(C)C)c1c4ccccc4n2c13. The summed E-state index contributed by atoms with van der Waals surface area (Å²) in [7, 11) is 2.19. The Bertz CT molecular complexity index is 1650. The van der Waals surface area contributed by atoms with Crippen LogP contribution in [0.15, 0.2) is 48.7 Å². The summed E-state index contributed by atoms with van der Waals surface area (Å²) in [6.45, 7) is 11.4. The Labute approximate surface area is 176 Å². The second-order valence-corrected chi connectivity index (χ2v) is 9.30. The fourth-order valence-corrected chi connectivity index (χ4v) is 5.68. The zero-order valence-corrected chi connectivity index (χ0v) is 18.6. The Balaban J connectivity index is 2.16. The number of benzene rings is 3. The van der Waals surface area contributed by atoms with Crippen LogP contribution in [0.25, 0.3) is 49.0 Å². The molecule has 0 saturated carbocycles. The van der Waals surface area contributed by atoms with Gasteiger partial charge in [-0.3, -0.25) is 0 Å². The Morgan fingerprint density at radius 1 is 0.833 bits per heavy atom. The molecule has 148 valence electrons. The van der Waals surface area contributed by atoms with Crippen LogP contribution < -0.4 is 4.57 Å². The van der Waals surface area contributed by atoms with Crippen molar-refractivity contribution in [1.29, 1.82) is 0 Å². The van der Waals surface area contributed by atoms with Crippen LogP contribution in [-0.2, 0) is 7.05 Å². The molecule has 0 radical (unpaired) electrons. The van der Waals surface area contributed by atoms with Gasteiger partial charge in [0.2, 0.25) is 5.52 Å². The third-order valence-corrected chi connectivity index (χ3v) is 7.16. The molecule has 2 nitrogen and oxygen atoms in total. The van der Waals surface area contributed by atoms with Crippen molar-refractivity contribution in [2.75, 3.05) is 0 Å². The molecular weight excluding hydrogens is 364 g/mol. The van der Waals surface area contributed by atoms with Crippen molar-refractivity contribution in [3.05, 3.63) is 70.9 Å². The molecule has 0 unspecified atom stereocenters. The van der Waals surface area contributed by atoms with E-state index in [-0.39, 0.29) is 0 Å². The number of aryl methyl sites for hydroxylation is 4. The van der Waals surface area contributed by atoms with Gasteiger partial charge < -0.3 is 4.40 Å². The van der Waals surface area contributed by atoms with E-state index in [0.29, 0.717) is 5.92 Å². The smallest absolute Gasteiger partial charge is 0.224 e. The molecule has 3 aromatic heterocycles. The first-order valence-corrected chi connectivity index (χ1v) is 10.9. The van der Waals surface area contributed by atoms with E-state index in [2.05, 4.69) is 99.3 Å². The number of para-hydroxylation sites is 1. The van der Waals surface area contributed by atoms with Gasteiger partial charge in [-0.25, -0.2) is 4.57 Å². The largest absolute Gasteiger partial charge is 0.307 e. The highest BCUT2D eigenvalue weighted by Crippen LogP contribution is 2.44. The summed E-state index contributed by atoms with van der Waals surface area (Å²) < 4.78 is 4.88. The van der Waals surface area contributed by atoms with Crippen LogP contribution >= 0.6 is 0 Å². The zero-order chi connectivity index (χ0) is 20.9. The third kappa shape index (κ3) is 1.97. The highest BCUT2D eigenvalue weighted by Gasteiger charge is 2.27. The van der Waals surface area contributed by atoms with Crippen LogP contribution in [0.3, 0.4) is 0 Å². The van der Waals surface area contributed by atoms with Crippen LogP contribution in [0, 0.1) is 20.8 Å². The normalized spacial score (nSPS) is 12.6. The van der Waals surface area contributed by atoms with Gasteiger partial charge in [0.25, 0.3) is 0 Å². The van der Waals surface area contributed by atoms with Gasteiger partial charge in [-0.05, 0) is 66.5 Å². The molecule has 6 aromatic rings. The summed E-state index contributed by atoms with van der Waals surface area (Å²) in [5.74, 6) is 0.466. The maximum Gasteiger partial charge on any atom is 0.224 e. The number of hydrogen-bond acceptors (Lipinski definition) is 0. The Kier molecular flexibility index (Phi) is 3.38. The molecule has 0 bridgehead atoms. The Hall–Kier alpha value is -3.13. The van der Waals surface area contributed by atoms with Crippen molar-refractivity contribution in [3.63, 3.8) is 0 Å². The predicted octanol–water partition coefficient (Wildman–Crippen LogP) is 6.86. The van der Waals surface area contributed by atoms with E-state index in [1.165, 1.54) is 71.3 Å². The topological polar surface area (TPSA) is 8.29 Å². The molecule has 0 spiro atoms. The highest BCUT2D eigenvalue weighted by atomic mass is 15.0. The lowest BCUT2D eigenvalue weighted by molar-refractivity contribution is -0.643. The lowest BCUT2D eigenvalue weighted by Crippen LogP contribution is -2.29. The lowest BCUT2D eigenvalue weighted by Gasteiger charge is -2.17. The van der Waals surface area contributed by atoms with E-state index in [1.807, 2.05) is 0 Å². The summed E-state index contributed by atoms with van der Waals surface area (Å²) in [6, 6.07) is 16.0. The zero-order valence-electron chi connectivity index (χ0n) is 18.6. The van der Waals surface area contributed by atoms with E-state index in [9.17, 15) is 0 Å². The number of hydrogen-bond donors (Lipinski definition) is 0. The maximum atomic E-state index is 2.56. The van der Waals surface area contributed by atoms with Gasteiger partial charge in [0.05, 0.1) is 27.3 Å². The minimum atomic E-state index is 0.466. The van der Waals surface area contributed by atoms with E-state index < -0.39 is 0 Å². The molecule has 0 fully saturated rings. The number of pyridine rings is 2. The first kappa shape index (κ1) is 17.7. The van der Waals surface area contributed by atoms with Crippen LogP contribution in [0.1, 0.15) is 42.0 Å². The van der Waals surface area contributed by atoms with Gasteiger partial charge >= 0.3 is 0 Å². The quantitative estimate of drug-likeness (QED) is 0.164. The minimum absolute atomic E-state index is 0.466. The average molecular weight is 392 g/mol. The van der Waals surface area contributed by atoms with Crippen molar-refractivity contribution in [2.45, 2.75) is 40.5 Å². The predicted molar refractivity (Wildman–Crippen MR) is 128 cm³/mol. The van der Waals surface area contributed by atoms with Gasteiger partial charge in [0, 0.05) is 16.8 Å². The number of rotatable bonds is 1. The molecule has 3 heterocycles. The van der Waals surface area contributed by atoms with Gasteiger partial charge in [0.15, 0.2) is 6.20 Å². The summed E-state index contributed by atoms with van der Waals surface area (Å²) >= 11 is 0. The average Bonchev–Trinajstić information content (AvgIpc) is 3.07. The van der Waals surface area contributed by atoms with Gasteiger partial charge in [0.1, 0.15) is 7.05 Å². The van der Waals surface area contributed by atoms with Crippen molar-refractivity contribution in [2.24, 2.45) is 7.05 Å². The number of nitrogens with zero attached hydrogens (tertiary/aromatic N) is 2. The minimum Gasteiger partial charge on any atom is -0.307 e. The van der Waals surface area contributed by atoms with Crippen LogP contribution in [0.5, 0.6) is 0 Å². The summed E-state index contributed by atoms with van der Waals surface area (Å²) in [6.07, 6.45) is 2.23. The second-order valence-electron chi connectivity index (χ2n) is 9.30. The number of fused-ring (bicyclic) bond motifs is 6. The molecule has 0 saturated heterocycles. The molecule has 0 N–H and O–H groups in total. The first-order valence-electron chi connectivity index (χ1n) is 10.9. The monoisotopic (exact) mass is 391 g/mol. The van der Waals surface area contributed by atoms with Crippen molar-refractivity contribution in [3.8, 4) is 0 Å². The van der Waals surface area contributed by atoms with Crippen LogP contribution in [0.4, 0.5) is 0 Å². The second kappa shape index (κ2) is 5.72. The molecule has 0 aliphatic carbocycles. The molecule has 2 heteroatoms. The molecular formula is C28H27N2+. The molecule has 0 amide bonds. The maximum absolute atomic E-state index is 2.56. The van der Waals surface area contributed by atoms with Crippen molar-refractivity contribution < 1.29 is 4.57 Å². The number of aromatic nitrogens is 2. The molecule has 6 rings (SSSR count). The van der Waals surface area contributed by atoms with Crippen LogP contribution in [-0.4, -0.2) is 4.40 Å². The fourth-order valence-electron chi connectivity index (χ4n) is 5.68. The molecule has 30 heavy (non-hydrogen) atoms. The standard InChI is InChI=1S/C28H27N2/c1-15(2)21-14-19-11-12-29(6)27-23-18(5)16(3)13-17(4)26(23)30-22-10-8-7-9-20(22)25(21)28(30)24(19)27/h7-15H,1-6H3/q+1. The first-order chi connectivity index (χ1) is 14.4. The molecule has 3 aromatic carbocycles. The fraction of sp³-hybridized carbons (Fsp3) is 0.250. The summed E-state index contributed by atoms with van der Waals surface area (Å²) in [5.41, 5.74) is 10.9. The van der Waals surface area contributed by atoms with E-state index >= 15 is 0 Å². The molecule has 0 aliphatic rings. The van der Waals surface area contributed by atoms with Gasteiger partial charge in [-0.2, -0.15) is 0 Å². The van der Waals surface area contributed by atoms with Crippen molar-refractivity contribution in [1.82, 2.24) is 4.40 Å². The van der Waals surface area contributed by atoms with Crippen molar-refractivity contribution >= 4 is 49.0 Å². The van der Waals surface area contributed by atoms with E-state index in [0.717, 1.165) is 0 Å². The Morgan fingerprint density at radius 2 is 1.60 bits per heavy atom. The van der Waals surface area contributed by atoms with E-state index in [1.54, 1.807) is 0 Å². The van der Waals surface area contributed by atoms with Gasteiger partial charge in [-0.1, -0.05) is 38.1 Å². The molecule has 0 atom stereocenters. The van der Waals surface area contributed by atoms with E-state index in [4.69, 9.17) is 0 Å². The van der Waals surface area contributed by atoms with Gasteiger partial charge in [-0.15, -0.1) is 0 Å².